The van der Waals surface area contributed by atoms with Crippen LogP contribution in [0.1, 0.15) is 32.6 Å². The molecule has 0 aliphatic carbocycles. The van der Waals surface area contributed by atoms with Gasteiger partial charge in [-0.05, 0) is 26.2 Å². The predicted molar refractivity (Wildman–Crippen MR) is 66.9 cm³/mol. The van der Waals surface area contributed by atoms with E-state index in [0.717, 1.165) is 19.3 Å². The van der Waals surface area contributed by atoms with E-state index in [1.165, 1.54) is 0 Å². The van der Waals surface area contributed by atoms with Gasteiger partial charge in [0.25, 0.3) is 0 Å². The molecule has 1 saturated heterocycles. The fourth-order valence-corrected chi connectivity index (χ4v) is 1.82. The Kier molecular flexibility index (Phi) is 7.91. The van der Waals surface area contributed by atoms with Gasteiger partial charge in [-0.15, -0.1) is 12.4 Å². The number of esters is 1. The maximum absolute atomic E-state index is 11.8. The fourth-order valence-electron chi connectivity index (χ4n) is 1.82. The number of amides is 1. The van der Waals surface area contributed by atoms with Gasteiger partial charge in [-0.2, -0.15) is 0 Å². The second-order valence-corrected chi connectivity index (χ2v) is 3.98. The summed E-state index contributed by atoms with van der Waals surface area (Å²) in [5, 5.41) is 0. The monoisotopic (exact) mass is 264 g/mol. The number of ether oxygens (including phenoxy) is 1. The highest BCUT2D eigenvalue weighted by Gasteiger charge is 2.23. The molecule has 2 N–H and O–H groups in total. The summed E-state index contributed by atoms with van der Waals surface area (Å²) in [5.41, 5.74) is 5.73. The Morgan fingerprint density at radius 2 is 2.24 bits per heavy atom. The van der Waals surface area contributed by atoms with Gasteiger partial charge in [0.05, 0.1) is 19.1 Å². The van der Waals surface area contributed by atoms with Crippen LogP contribution in [0.2, 0.25) is 0 Å². The van der Waals surface area contributed by atoms with E-state index in [4.69, 9.17) is 10.5 Å². The lowest BCUT2D eigenvalue weighted by molar-refractivity contribution is -0.144. The molecular weight excluding hydrogens is 244 g/mol. The molecular formula is C11H21ClN2O3. The average Bonchev–Trinajstić information content (AvgIpc) is 2.41. The highest BCUT2D eigenvalue weighted by atomic mass is 35.5. The molecule has 1 heterocycles. The molecule has 6 heteroatoms. The lowest BCUT2D eigenvalue weighted by atomic mass is 10.1. The lowest BCUT2D eigenvalue weighted by Crippen LogP contribution is -2.43. The molecule has 0 bridgehead atoms. The topological polar surface area (TPSA) is 72.6 Å². The van der Waals surface area contributed by atoms with Gasteiger partial charge in [-0.25, -0.2) is 0 Å². The Morgan fingerprint density at radius 3 is 2.88 bits per heavy atom. The molecule has 0 radical (unpaired) electrons. The Balaban J connectivity index is 0.00000256. The van der Waals surface area contributed by atoms with Crippen LogP contribution in [0.15, 0.2) is 0 Å². The predicted octanol–water partition coefficient (Wildman–Crippen LogP) is 0.701. The number of likely N-dealkylation sites (tertiary alicyclic amines) is 1. The summed E-state index contributed by atoms with van der Waals surface area (Å²) in [5.74, 6) is -0.296. The summed E-state index contributed by atoms with van der Waals surface area (Å²) < 4.78 is 4.82. The van der Waals surface area contributed by atoms with Crippen LogP contribution < -0.4 is 5.73 Å². The first kappa shape index (κ1) is 16.2. The van der Waals surface area contributed by atoms with Gasteiger partial charge in [0.1, 0.15) is 0 Å². The van der Waals surface area contributed by atoms with Gasteiger partial charge in [-0.1, -0.05) is 0 Å². The van der Waals surface area contributed by atoms with Crippen molar-refractivity contribution < 1.29 is 14.3 Å². The zero-order valence-corrected chi connectivity index (χ0v) is 11.0. The van der Waals surface area contributed by atoms with E-state index < -0.39 is 6.04 Å². The van der Waals surface area contributed by atoms with Gasteiger partial charge in [0, 0.05) is 13.1 Å². The smallest absolute Gasteiger partial charge is 0.307 e. The van der Waals surface area contributed by atoms with Crippen LogP contribution in [0.5, 0.6) is 0 Å². The van der Waals surface area contributed by atoms with Crippen molar-refractivity contribution in [3.8, 4) is 0 Å². The van der Waals surface area contributed by atoms with Crippen molar-refractivity contribution >= 4 is 24.3 Å². The third kappa shape index (κ3) is 5.37. The maximum Gasteiger partial charge on any atom is 0.307 e. The minimum Gasteiger partial charge on any atom is -0.466 e. The number of nitrogens with zero attached hydrogens (tertiary/aromatic N) is 1. The SMILES string of the molecule is CCOC(=O)CCN1CCCC[C@H](N)C1=O.Cl. The van der Waals surface area contributed by atoms with Crippen LogP contribution in [-0.2, 0) is 14.3 Å². The molecule has 1 atom stereocenters. The van der Waals surface area contributed by atoms with Crippen molar-refractivity contribution in [1.82, 2.24) is 4.90 Å². The first-order chi connectivity index (χ1) is 7.65. The normalized spacial score (nSPS) is 20.5. The van der Waals surface area contributed by atoms with Gasteiger partial charge in [0.2, 0.25) is 5.91 Å². The number of nitrogens with two attached hydrogens (primary N) is 1. The minimum atomic E-state index is -0.398. The molecule has 0 spiro atoms. The van der Waals surface area contributed by atoms with E-state index in [9.17, 15) is 9.59 Å². The summed E-state index contributed by atoms with van der Waals surface area (Å²) in [7, 11) is 0. The lowest BCUT2D eigenvalue weighted by Gasteiger charge is -2.22. The molecule has 1 aliphatic rings. The van der Waals surface area contributed by atoms with Crippen LogP contribution in [0.25, 0.3) is 0 Å². The molecule has 1 rings (SSSR count). The number of hydrogen-bond donors (Lipinski definition) is 1. The number of carbonyl (C=O) groups excluding carboxylic acids is 2. The van der Waals surface area contributed by atoms with Crippen LogP contribution in [0.3, 0.4) is 0 Å². The van der Waals surface area contributed by atoms with Crippen LogP contribution in [0, 0.1) is 0 Å². The molecule has 0 unspecified atom stereocenters. The van der Waals surface area contributed by atoms with Crippen LogP contribution in [-0.4, -0.2) is 42.5 Å². The van der Waals surface area contributed by atoms with Crippen molar-refractivity contribution in [2.24, 2.45) is 5.73 Å². The van der Waals surface area contributed by atoms with E-state index in [1.807, 2.05) is 0 Å². The molecule has 1 aliphatic heterocycles. The summed E-state index contributed by atoms with van der Waals surface area (Å²) in [6.07, 6.45) is 2.94. The van der Waals surface area contributed by atoms with Gasteiger partial charge in [0.15, 0.2) is 0 Å². The molecule has 1 fully saturated rings. The zero-order valence-electron chi connectivity index (χ0n) is 10.2. The highest BCUT2D eigenvalue weighted by Crippen LogP contribution is 2.11. The minimum absolute atomic E-state index is 0. The van der Waals surface area contributed by atoms with Crippen molar-refractivity contribution in [3.63, 3.8) is 0 Å². The van der Waals surface area contributed by atoms with Gasteiger partial charge < -0.3 is 15.4 Å². The number of halogens is 1. The average molecular weight is 265 g/mol. The third-order valence-corrected chi connectivity index (χ3v) is 2.71. The number of rotatable bonds is 4. The maximum atomic E-state index is 11.8. The first-order valence-corrected chi connectivity index (χ1v) is 5.85. The third-order valence-electron chi connectivity index (χ3n) is 2.71. The van der Waals surface area contributed by atoms with Crippen molar-refractivity contribution in [3.05, 3.63) is 0 Å². The second kappa shape index (κ2) is 8.31. The molecule has 0 aromatic rings. The molecule has 1 amide bonds. The van der Waals surface area contributed by atoms with Gasteiger partial charge in [-0.3, -0.25) is 9.59 Å². The largest absolute Gasteiger partial charge is 0.466 e. The highest BCUT2D eigenvalue weighted by molar-refractivity contribution is 5.85. The molecule has 0 aromatic carbocycles. The first-order valence-electron chi connectivity index (χ1n) is 5.85. The molecule has 0 aromatic heterocycles. The Labute approximate surface area is 108 Å². The second-order valence-electron chi connectivity index (χ2n) is 3.98. The molecule has 17 heavy (non-hydrogen) atoms. The fraction of sp³-hybridized carbons (Fsp3) is 0.818. The summed E-state index contributed by atoms with van der Waals surface area (Å²) in [4.78, 5) is 24.6. The van der Waals surface area contributed by atoms with Crippen molar-refractivity contribution in [2.75, 3.05) is 19.7 Å². The van der Waals surface area contributed by atoms with Crippen molar-refractivity contribution in [2.45, 2.75) is 38.6 Å². The molecule has 100 valence electrons. The Hall–Kier alpha value is -0.810. The Morgan fingerprint density at radius 1 is 1.53 bits per heavy atom. The van der Waals surface area contributed by atoms with Crippen molar-refractivity contribution in [1.29, 1.82) is 0 Å². The quantitative estimate of drug-likeness (QED) is 0.759. The van der Waals surface area contributed by atoms with Crippen LogP contribution in [0.4, 0.5) is 0 Å². The van der Waals surface area contributed by atoms with Gasteiger partial charge >= 0.3 is 5.97 Å². The molecule has 5 nitrogen and oxygen atoms in total. The van der Waals surface area contributed by atoms with E-state index in [2.05, 4.69) is 0 Å². The summed E-state index contributed by atoms with van der Waals surface area (Å²) in [6.45, 7) is 3.27. The van der Waals surface area contributed by atoms with E-state index >= 15 is 0 Å². The Bertz CT molecular complexity index is 261. The van der Waals surface area contributed by atoms with E-state index in [-0.39, 0.29) is 30.7 Å². The van der Waals surface area contributed by atoms with E-state index in [0.29, 0.717) is 19.7 Å². The summed E-state index contributed by atoms with van der Waals surface area (Å²) >= 11 is 0. The number of hydrogen-bond acceptors (Lipinski definition) is 4. The molecule has 0 saturated carbocycles. The zero-order chi connectivity index (χ0) is 12.0. The number of carbonyl (C=O) groups is 2. The standard InChI is InChI=1S/C11H20N2O3.ClH/c1-2-16-10(14)6-8-13-7-4-3-5-9(12)11(13)15;/h9H,2-8,12H2,1H3;1H/t9-;/m0./s1. The van der Waals surface area contributed by atoms with Crippen LogP contribution >= 0.6 is 12.4 Å². The summed E-state index contributed by atoms with van der Waals surface area (Å²) in [6, 6.07) is -0.398. The van der Waals surface area contributed by atoms with E-state index in [1.54, 1.807) is 11.8 Å².